The van der Waals surface area contributed by atoms with Gasteiger partial charge in [0.1, 0.15) is 30.5 Å². The maximum absolute atomic E-state index is 14.1. The number of para-hydroxylation sites is 2. The lowest BCUT2D eigenvalue weighted by Gasteiger charge is -2.29. The van der Waals surface area contributed by atoms with Gasteiger partial charge in [0.25, 0.3) is 11.8 Å². The fraction of sp³-hybridized carbons (Fsp3) is 0.373. The fourth-order valence-corrected chi connectivity index (χ4v) is 12.2. The van der Waals surface area contributed by atoms with E-state index in [0.29, 0.717) is 77.2 Å². The zero-order chi connectivity index (χ0) is 51.6. The number of aryl methyl sites for hydroxylation is 1. The van der Waals surface area contributed by atoms with E-state index in [4.69, 9.17) is 23.9 Å². The van der Waals surface area contributed by atoms with Gasteiger partial charge >= 0.3 is 0 Å². The largest absolute Gasteiger partial charge is 0.494 e. The maximum atomic E-state index is 14.1. The summed E-state index contributed by atoms with van der Waals surface area (Å²) in [7, 11) is 1.54. The molecule has 1 aliphatic carbocycles. The predicted molar refractivity (Wildman–Crippen MR) is 288 cm³/mol. The Labute approximate surface area is 436 Å². The molecule has 10 rings (SSSR count). The highest BCUT2D eigenvalue weighted by Crippen LogP contribution is 2.42. The predicted octanol–water partition coefficient (Wildman–Crippen LogP) is 10.4. The minimum Gasteiger partial charge on any atom is -0.494 e. The van der Waals surface area contributed by atoms with Crippen molar-refractivity contribution in [3.05, 3.63) is 130 Å². The summed E-state index contributed by atoms with van der Waals surface area (Å²) in [5.74, 6) is 2.56. The van der Waals surface area contributed by atoms with Crippen LogP contribution in [-0.4, -0.2) is 90.6 Å². The minimum absolute atomic E-state index is 0.0123. The zero-order valence-corrected chi connectivity index (χ0v) is 43.2. The van der Waals surface area contributed by atoms with Crippen molar-refractivity contribution in [2.45, 2.75) is 103 Å². The van der Waals surface area contributed by atoms with Crippen LogP contribution in [0.2, 0.25) is 0 Å². The molecular weight excluding hydrogens is 955 g/mol. The van der Waals surface area contributed by atoms with Gasteiger partial charge in [0, 0.05) is 61.1 Å². The molecule has 382 valence electrons. The molecule has 2 fully saturated rings. The topological polar surface area (TPSA) is 157 Å². The first kappa shape index (κ1) is 50.3. The summed E-state index contributed by atoms with van der Waals surface area (Å²) >= 11 is 1.49. The second kappa shape index (κ2) is 21.7. The third-order valence-electron chi connectivity index (χ3n) is 15.0. The van der Waals surface area contributed by atoms with Crippen molar-refractivity contribution in [1.29, 1.82) is 0 Å². The van der Waals surface area contributed by atoms with Crippen molar-refractivity contribution >= 4 is 76.9 Å². The molecule has 4 heterocycles. The molecule has 3 atom stereocenters. The van der Waals surface area contributed by atoms with Crippen molar-refractivity contribution in [1.82, 2.24) is 4.90 Å². The van der Waals surface area contributed by atoms with Crippen LogP contribution in [0.15, 0.2) is 101 Å². The fourth-order valence-electron chi connectivity index (χ4n) is 11.1. The molecule has 5 aromatic carbocycles. The number of carbonyl (C=O) groups excluding carboxylic acids is 5. The normalized spacial score (nSPS) is 20.7. The number of ether oxygens (including phenoxy) is 4. The average Bonchev–Trinajstić information content (AvgIpc) is 4.01. The average molecular weight is 1020 g/mol. The number of benzene rings is 5. The summed E-state index contributed by atoms with van der Waals surface area (Å²) < 4.78 is 25.1. The molecule has 4 aliphatic heterocycles. The smallest absolute Gasteiger partial charge is 0.261 e. The third-order valence-corrected chi connectivity index (χ3v) is 16.3. The van der Waals surface area contributed by atoms with E-state index in [1.54, 1.807) is 37.1 Å². The summed E-state index contributed by atoms with van der Waals surface area (Å²) in [6, 6.07) is 28.5. The first-order chi connectivity index (χ1) is 35.9. The van der Waals surface area contributed by atoms with Crippen molar-refractivity contribution < 1.29 is 42.9 Å². The van der Waals surface area contributed by atoms with Gasteiger partial charge in [-0.1, -0.05) is 36.4 Å². The lowest BCUT2D eigenvalue weighted by Crippen LogP contribution is -2.37. The molecule has 14 nitrogen and oxygen atoms in total. The number of aliphatic imine (C=N–C) groups is 2. The van der Waals surface area contributed by atoms with Gasteiger partial charge in [-0.3, -0.25) is 43.8 Å². The Morgan fingerprint density at radius 3 is 2.23 bits per heavy atom. The van der Waals surface area contributed by atoms with Crippen LogP contribution in [0, 0.1) is 18.8 Å². The van der Waals surface area contributed by atoms with Gasteiger partial charge in [-0.05, 0) is 148 Å². The second-order valence-electron chi connectivity index (χ2n) is 20.0. The SMILES string of the molecule is C=Nc1cc(OCc2cc(COc3cc4c(cc3OC)C(=O)N3c5ccccc5C[C@H]3C=N4)cc(OCCCSC3CC(=O)N(CC4CCC(C(C)=O)CC4)C3=O)c2)c(C)cc1C(=O)N1c2ccccc2C[C@H]1C. The molecule has 5 aliphatic rings. The van der Waals surface area contributed by atoms with Crippen molar-refractivity contribution in [2.75, 3.05) is 35.8 Å². The molecular formula is C59H61N5O9S. The van der Waals surface area contributed by atoms with Crippen LogP contribution in [-0.2, 0) is 40.4 Å². The van der Waals surface area contributed by atoms with Crippen molar-refractivity contribution in [3.63, 3.8) is 0 Å². The molecule has 4 amide bonds. The standard InChI is InChI=1S/C59H61N5O9S/c1-35-21-46(57(67)63-36(2)22-42-11-6-8-13-50(42)63)48(60-4)28-52(35)72-33-39-23-40(34-73-54-29-49-47(27-53(54)70-5)58(68)64-44(31-61-49)26-43-12-7-9-14-51(43)64)25-45(24-39)71-19-10-20-74-55-30-56(66)62(59(55)69)32-38-15-17-41(18-16-38)37(3)65/h6-9,11-14,21,23-25,27-29,31,36,38,41,44,55H,4,10,15-20,22,26,30,32-34H2,1-3,5H3/t36-,38?,41?,44+,55?/m1/s1. The van der Waals surface area contributed by atoms with E-state index in [2.05, 4.69) is 17.8 Å². The number of rotatable bonds is 18. The molecule has 1 saturated heterocycles. The van der Waals surface area contributed by atoms with Gasteiger partial charge in [0.05, 0.1) is 47.5 Å². The summed E-state index contributed by atoms with van der Waals surface area (Å²) in [4.78, 5) is 80.6. The Morgan fingerprint density at radius 2 is 1.51 bits per heavy atom. The number of anilines is 2. The first-order valence-corrected chi connectivity index (χ1v) is 26.6. The highest BCUT2D eigenvalue weighted by molar-refractivity contribution is 8.00. The van der Waals surface area contributed by atoms with Crippen LogP contribution in [0.25, 0.3) is 0 Å². The van der Waals surface area contributed by atoms with Gasteiger partial charge < -0.3 is 23.8 Å². The molecule has 15 heteroatoms. The molecule has 0 N–H and O–H groups in total. The number of amides is 4. The molecule has 0 bridgehead atoms. The highest BCUT2D eigenvalue weighted by atomic mass is 32.2. The number of carbonyl (C=O) groups is 5. The second-order valence-corrected chi connectivity index (χ2v) is 21.3. The number of ketones is 1. The van der Waals surface area contributed by atoms with Crippen molar-refractivity contribution in [2.24, 2.45) is 21.8 Å². The molecule has 5 aromatic rings. The highest BCUT2D eigenvalue weighted by Gasteiger charge is 2.41. The summed E-state index contributed by atoms with van der Waals surface area (Å²) in [6.07, 6.45) is 7.43. The molecule has 0 spiro atoms. The summed E-state index contributed by atoms with van der Waals surface area (Å²) in [6.45, 7) is 10.4. The molecule has 1 unspecified atom stereocenters. The minimum atomic E-state index is -0.420. The molecule has 0 radical (unpaired) electrons. The number of thioether (sulfide) groups is 1. The lowest BCUT2D eigenvalue weighted by atomic mass is 9.80. The Morgan fingerprint density at radius 1 is 0.811 bits per heavy atom. The van der Waals surface area contributed by atoms with Gasteiger partial charge in [0.15, 0.2) is 11.5 Å². The number of Topliss-reactive ketones (excluding diaryl/α,β-unsaturated/α-hetero) is 1. The van der Waals surface area contributed by atoms with Crippen LogP contribution in [0.1, 0.15) is 101 Å². The number of likely N-dealkylation sites (tertiary alicyclic amines) is 1. The van der Waals surface area contributed by atoms with E-state index in [1.165, 1.54) is 16.7 Å². The Kier molecular flexibility index (Phi) is 14.7. The van der Waals surface area contributed by atoms with E-state index < -0.39 is 5.25 Å². The van der Waals surface area contributed by atoms with E-state index in [9.17, 15) is 24.0 Å². The van der Waals surface area contributed by atoms with E-state index in [1.807, 2.05) is 91.7 Å². The molecule has 74 heavy (non-hydrogen) atoms. The number of imide groups is 1. The number of methoxy groups -OCH3 is 1. The number of hydrogen-bond acceptors (Lipinski definition) is 12. The summed E-state index contributed by atoms with van der Waals surface area (Å²) in [5.41, 5.74) is 8.12. The molecule has 0 aromatic heterocycles. The van der Waals surface area contributed by atoms with E-state index in [0.717, 1.165) is 71.3 Å². The Hall–Kier alpha value is -7.26. The van der Waals surface area contributed by atoms with Crippen molar-refractivity contribution in [3.8, 4) is 23.0 Å². The Balaban J connectivity index is 0.832. The number of fused-ring (bicyclic) bond motifs is 5. The maximum Gasteiger partial charge on any atom is 0.261 e. The third kappa shape index (κ3) is 10.3. The first-order valence-electron chi connectivity index (χ1n) is 25.5. The lowest BCUT2D eigenvalue weighted by molar-refractivity contribution is -0.139. The number of hydrogen-bond donors (Lipinski definition) is 0. The molecule has 1 saturated carbocycles. The number of nitrogens with zero attached hydrogens (tertiary/aromatic N) is 5. The van der Waals surface area contributed by atoms with Crippen LogP contribution in [0.4, 0.5) is 22.7 Å². The van der Waals surface area contributed by atoms with Crippen LogP contribution < -0.4 is 28.7 Å². The summed E-state index contributed by atoms with van der Waals surface area (Å²) in [5, 5.41) is -0.420. The van der Waals surface area contributed by atoms with E-state index >= 15 is 0 Å². The zero-order valence-electron chi connectivity index (χ0n) is 42.3. The van der Waals surface area contributed by atoms with E-state index in [-0.39, 0.29) is 73.0 Å². The van der Waals surface area contributed by atoms with Crippen LogP contribution in [0.5, 0.6) is 23.0 Å². The Bertz CT molecular complexity index is 3070. The van der Waals surface area contributed by atoms with Gasteiger partial charge in [-0.15, -0.1) is 11.8 Å². The van der Waals surface area contributed by atoms with Crippen LogP contribution >= 0.6 is 11.8 Å². The van der Waals surface area contributed by atoms with Crippen LogP contribution in [0.3, 0.4) is 0 Å². The quantitative estimate of drug-likeness (QED) is 0.0470. The van der Waals surface area contributed by atoms with Gasteiger partial charge in [-0.2, -0.15) is 0 Å². The van der Waals surface area contributed by atoms with Gasteiger partial charge in [0.2, 0.25) is 11.8 Å². The van der Waals surface area contributed by atoms with Gasteiger partial charge in [-0.25, -0.2) is 0 Å². The monoisotopic (exact) mass is 1020 g/mol.